The molecule has 0 spiro atoms. The highest BCUT2D eigenvalue weighted by Gasteiger charge is 2.33. The van der Waals surface area contributed by atoms with Crippen molar-refractivity contribution in [3.8, 4) is 5.75 Å². The van der Waals surface area contributed by atoms with Crippen molar-refractivity contribution < 1.29 is 27.5 Å². The molecule has 11 nitrogen and oxygen atoms in total. The van der Waals surface area contributed by atoms with E-state index in [1.807, 2.05) is 16.7 Å². The van der Waals surface area contributed by atoms with E-state index in [2.05, 4.69) is 14.9 Å². The summed E-state index contributed by atoms with van der Waals surface area (Å²) < 4.78 is 37.6. The molecule has 2 N–H and O–H groups in total. The van der Waals surface area contributed by atoms with Crippen molar-refractivity contribution >= 4 is 22.0 Å². The maximum absolute atomic E-state index is 13.1. The van der Waals surface area contributed by atoms with E-state index >= 15 is 0 Å². The van der Waals surface area contributed by atoms with E-state index in [0.29, 0.717) is 19.5 Å². The number of likely N-dealkylation sites (N-methyl/N-ethyl adjacent to an activating group) is 1. The Morgan fingerprint density at radius 1 is 1.15 bits per heavy atom. The molecule has 34 heavy (non-hydrogen) atoms. The molecule has 3 amide bonds. The molecule has 0 aliphatic carbocycles. The summed E-state index contributed by atoms with van der Waals surface area (Å²) in [5.41, 5.74) is 0.143. The highest BCUT2D eigenvalue weighted by atomic mass is 32.2. The molecule has 0 saturated carbocycles. The predicted octanol–water partition coefficient (Wildman–Crippen LogP) is 0.180. The Bertz CT molecular complexity index is 988. The summed E-state index contributed by atoms with van der Waals surface area (Å²) in [6.45, 7) is 6.98. The highest BCUT2D eigenvalue weighted by molar-refractivity contribution is 7.89. The normalized spacial score (nSPS) is 21.7. The van der Waals surface area contributed by atoms with Crippen LogP contribution in [0.15, 0.2) is 23.1 Å². The van der Waals surface area contributed by atoms with Crippen molar-refractivity contribution in [2.75, 3.05) is 67.1 Å². The molecule has 190 valence electrons. The second kappa shape index (κ2) is 11.3. The molecule has 0 radical (unpaired) electrons. The first-order valence-electron chi connectivity index (χ1n) is 11.5. The Kier molecular flexibility index (Phi) is 8.74. The number of nitrogens with zero attached hydrogens (tertiary/aromatic N) is 3. The molecule has 2 unspecified atom stereocenters. The van der Waals surface area contributed by atoms with Gasteiger partial charge in [-0.1, -0.05) is 0 Å². The molecule has 2 aliphatic heterocycles. The van der Waals surface area contributed by atoms with Gasteiger partial charge in [0.25, 0.3) is 5.91 Å². The zero-order chi connectivity index (χ0) is 24.9. The van der Waals surface area contributed by atoms with Crippen LogP contribution in [0.25, 0.3) is 0 Å². The van der Waals surface area contributed by atoms with Crippen LogP contribution in [0.3, 0.4) is 0 Å². The topological polar surface area (TPSA) is 121 Å². The molecule has 2 saturated heterocycles. The SMILES string of the molecule is CCN1CCN(CCN2CCC(NC(=O)c3cc(S(=O)(=O)NC)ccc3OC)C(OC)C2)C1=O. The number of sulfonamides is 1. The van der Waals surface area contributed by atoms with Gasteiger partial charge in [-0.05, 0) is 38.6 Å². The van der Waals surface area contributed by atoms with Crippen molar-refractivity contribution in [3.63, 3.8) is 0 Å². The number of carbonyl (C=O) groups is 2. The third kappa shape index (κ3) is 5.80. The summed E-state index contributed by atoms with van der Waals surface area (Å²) in [6.07, 6.45) is 0.421. The molecule has 0 aromatic heterocycles. The van der Waals surface area contributed by atoms with Crippen LogP contribution in [-0.4, -0.2) is 114 Å². The van der Waals surface area contributed by atoms with Crippen LogP contribution in [-0.2, 0) is 14.8 Å². The minimum atomic E-state index is -3.71. The molecule has 1 aromatic carbocycles. The third-order valence-electron chi connectivity index (χ3n) is 6.51. The minimum absolute atomic E-state index is 0.0165. The number of ether oxygens (including phenoxy) is 2. The maximum atomic E-state index is 13.1. The van der Waals surface area contributed by atoms with E-state index in [1.54, 1.807) is 7.11 Å². The number of urea groups is 1. The van der Waals surface area contributed by atoms with Gasteiger partial charge in [0, 0.05) is 52.9 Å². The van der Waals surface area contributed by atoms with Crippen molar-refractivity contribution in [2.24, 2.45) is 0 Å². The van der Waals surface area contributed by atoms with E-state index in [0.717, 1.165) is 32.7 Å². The van der Waals surface area contributed by atoms with Gasteiger partial charge in [0.15, 0.2) is 0 Å². The predicted molar refractivity (Wildman–Crippen MR) is 127 cm³/mol. The lowest BCUT2D eigenvalue weighted by Gasteiger charge is -2.38. The molecular formula is C22H35N5O6S. The third-order valence-corrected chi connectivity index (χ3v) is 7.92. The second-order valence-electron chi connectivity index (χ2n) is 8.36. The fraction of sp³-hybridized carbons (Fsp3) is 0.636. The first-order valence-corrected chi connectivity index (χ1v) is 12.9. The molecule has 2 atom stereocenters. The van der Waals surface area contributed by atoms with E-state index < -0.39 is 15.9 Å². The van der Waals surface area contributed by atoms with Crippen LogP contribution in [0.1, 0.15) is 23.7 Å². The van der Waals surface area contributed by atoms with E-state index in [9.17, 15) is 18.0 Å². The molecule has 1 aromatic rings. The summed E-state index contributed by atoms with van der Waals surface area (Å²) in [5.74, 6) is -0.136. The van der Waals surface area contributed by atoms with E-state index in [-0.39, 0.29) is 34.4 Å². The van der Waals surface area contributed by atoms with Crippen molar-refractivity contribution in [1.82, 2.24) is 24.7 Å². The van der Waals surface area contributed by atoms with Crippen LogP contribution < -0.4 is 14.8 Å². The molecule has 2 fully saturated rings. The number of nitrogens with one attached hydrogen (secondary N) is 2. The van der Waals surface area contributed by atoms with Crippen LogP contribution in [0, 0.1) is 0 Å². The van der Waals surface area contributed by atoms with E-state index in [4.69, 9.17) is 9.47 Å². The maximum Gasteiger partial charge on any atom is 0.320 e. The van der Waals surface area contributed by atoms with Crippen molar-refractivity contribution in [1.29, 1.82) is 0 Å². The number of piperidine rings is 1. The lowest BCUT2D eigenvalue weighted by Crippen LogP contribution is -2.55. The van der Waals surface area contributed by atoms with Gasteiger partial charge in [-0.15, -0.1) is 0 Å². The molecule has 12 heteroatoms. The molecule has 2 aliphatic rings. The van der Waals surface area contributed by atoms with Gasteiger partial charge in [0.1, 0.15) is 5.75 Å². The molecule has 2 heterocycles. The smallest absolute Gasteiger partial charge is 0.320 e. The summed E-state index contributed by atoms with van der Waals surface area (Å²) in [4.78, 5) is 31.3. The quantitative estimate of drug-likeness (QED) is 0.473. The summed E-state index contributed by atoms with van der Waals surface area (Å²) >= 11 is 0. The Hall–Kier alpha value is -2.41. The molecule has 0 bridgehead atoms. The van der Waals surface area contributed by atoms with Gasteiger partial charge in [0.05, 0.1) is 29.7 Å². The number of hydrogen-bond acceptors (Lipinski definition) is 7. The van der Waals surface area contributed by atoms with Gasteiger partial charge in [-0.3, -0.25) is 9.69 Å². The zero-order valence-corrected chi connectivity index (χ0v) is 21.1. The van der Waals surface area contributed by atoms with Crippen molar-refractivity contribution in [3.05, 3.63) is 23.8 Å². The summed E-state index contributed by atoms with van der Waals surface area (Å²) in [7, 11) is 0.648. The Balaban J connectivity index is 1.62. The average molecular weight is 498 g/mol. The molecular weight excluding hydrogens is 462 g/mol. The second-order valence-corrected chi connectivity index (χ2v) is 10.2. The van der Waals surface area contributed by atoms with Gasteiger partial charge in [-0.25, -0.2) is 17.9 Å². The van der Waals surface area contributed by atoms with Crippen LogP contribution in [0.4, 0.5) is 4.79 Å². The minimum Gasteiger partial charge on any atom is -0.496 e. The van der Waals surface area contributed by atoms with Gasteiger partial charge < -0.3 is 24.6 Å². The van der Waals surface area contributed by atoms with Gasteiger partial charge in [-0.2, -0.15) is 0 Å². The number of amides is 3. The first-order chi connectivity index (χ1) is 16.2. The number of carbonyl (C=O) groups excluding carboxylic acids is 2. The summed E-state index contributed by atoms with van der Waals surface area (Å²) in [6, 6.07) is 4.01. The van der Waals surface area contributed by atoms with Crippen LogP contribution in [0.5, 0.6) is 5.75 Å². The van der Waals surface area contributed by atoms with Gasteiger partial charge >= 0.3 is 6.03 Å². The highest BCUT2D eigenvalue weighted by Crippen LogP contribution is 2.23. The average Bonchev–Trinajstić information content (AvgIpc) is 3.21. The Morgan fingerprint density at radius 3 is 2.50 bits per heavy atom. The van der Waals surface area contributed by atoms with Crippen LogP contribution >= 0.6 is 0 Å². The standard InChI is InChI=1S/C22H35N5O6S/c1-5-26-12-13-27(22(26)29)11-10-25-9-8-18(20(15-25)33-4)24-21(28)17-14-16(34(30,31)23-2)6-7-19(17)32-3/h6-7,14,18,20,23H,5,8-13,15H2,1-4H3,(H,24,28). The lowest BCUT2D eigenvalue weighted by molar-refractivity contribution is 0.00513. The number of hydrogen-bond donors (Lipinski definition) is 2. The van der Waals surface area contributed by atoms with Gasteiger partial charge in [0.2, 0.25) is 10.0 Å². The lowest BCUT2D eigenvalue weighted by atomic mass is 10.0. The number of methoxy groups -OCH3 is 2. The Labute approximate surface area is 201 Å². The number of rotatable bonds is 10. The number of benzene rings is 1. The monoisotopic (exact) mass is 497 g/mol. The fourth-order valence-electron chi connectivity index (χ4n) is 4.38. The Morgan fingerprint density at radius 2 is 1.88 bits per heavy atom. The number of likely N-dealkylation sites (tertiary alicyclic amines) is 1. The van der Waals surface area contributed by atoms with Crippen LogP contribution in [0.2, 0.25) is 0 Å². The largest absolute Gasteiger partial charge is 0.496 e. The zero-order valence-electron chi connectivity index (χ0n) is 20.2. The summed E-state index contributed by atoms with van der Waals surface area (Å²) in [5, 5.41) is 2.99. The van der Waals surface area contributed by atoms with E-state index in [1.165, 1.54) is 32.4 Å². The first kappa shape index (κ1) is 26.2. The van der Waals surface area contributed by atoms with Crippen molar-refractivity contribution in [2.45, 2.75) is 30.4 Å². The fourth-order valence-corrected chi connectivity index (χ4v) is 5.13. The molecule has 3 rings (SSSR count).